The molecule has 5 heteroatoms. The Morgan fingerprint density at radius 1 is 1.73 bits per heavy atom. The van der Waals surface area contributed by atoms with Crippen LogP contribution in [0.5, 0.6) is 0 Å². The Hall–Kier alpha value is -0.480. The molecule has 1 heterocycles. The summed E-state index contributed by atoms with van der Waals surface area (Å²) >= 11 is 9.27. The molecule has 0 aliphatic carbocycles. The molecule has 0 aromatic carbocycles. The second-order valence-electron chi connectivity index (χ2n) is 2.02. The molecule has 0 saturated heterocycles. The Kier molecular flexibility index (Phi) is 2.57. The molecule has 0 fully saturated rings. The van der Waals surface area contributed by atoms with Crippen molar-refractivity contribution in [3.8, 4) is 0 Å². The van der Waals surface area contributed by atoms with E-state index < -0.39 is 5.82 Å². The van der Waals surface area contributed by atoms with Gasteiger partial charge in [0.2, 0.25) is 0 Å². The molecule has 0 radical (unpaired) electrons. The third kappa shape index (κ3) is 1.97. The molecule has 1 rings (SSSR count). The number of aromatic nitrogens is 1. The van der Waals surface area contributed by atoms with Gasteiger partial charge in [0.1, 0.15) is 5.82 Å². The zero-order valence-electron chi connectivity index (χ0n) is 5.75. The maximum absolute atomic E-state index is 12.5. The fourth-order valence-electron chi connectivity index (χ4n) is 0.684. The molecule has 60 valence electrons. The molecule has 0 aliphatic rings. The Balaban J connectivity index is 3.13. The quantitative estimate of drug-likeness (QED) is 0.543. The van der Waals surface area contributed by atoms with Gasteiger partial charge in [-0.2, -0.15) is 0 Å². The summed E-state index contributed by atoms with van der Waals surface area (Å²) in [6.07, 6.45) is 1.13. The summed E-state index contributed by atoms with van der Waals surface area (Å²) in [6, 6.07) is 1.27. The SMILES string of the molecule is Cc1ncc(F)cc1N(S)Cl. The molecule has 0 unspecified atom stereocenters. The first-order chi connectivity index (χ1) is 5.11. The lowest BCUT2D eigenvalue weighted by Gasteiger charge is -2.08. The summed E-state index contributed by atoms with van der Waals surface area (Å²) in [4.78, 5) is 3.75. The van der Waals surface area contributed by atoms with E-state index in [-0.39, 0.29) is 0 Å². The average molecular weight is 193 g/mol. The van der Waals surface area contributed by atoms with Gasteiger partial charge in [-0.1, -0.05) is 0 Å². The maximum atomic E-state index is 12.5. The Bertz CT molecular complexity index is 267. The van der Waals surface area contributed by atoms with E-state index in [0.717, 1.165) is 10.0 Å². The predicted molar refractivity (Wildman–Crippen MR) is 46.3 cm³/mol. The normalized spacial score (nSPS) is 9.82. The highest BCUT2D eigenvalue weighted by atomic mass is 35.5. The molecular formula is C6H6ClFN2S. The van der Waals surface area contributed by atoms with Gasteiger partial charge in [-0.15, -0.1) is 0 Å². The van der Waals surface area contributed by atoms with Crippen molar-refractivity contribution in [3.63, 3.8) is 0 Å². The summed E-state index contributed by atoms with van der Waals surface area (Å²) in [7, 11) is 0. The van der Waals surface area contributed by atoms with E-state index in [1.54, 1.807) is 6.92 Å². The number of rotatable bonds is 1. The number of aryl methyl sites for hydroxylation is 1. The fraction of sp³-hybridized carbons (Fsp3) is 0.167. The molecule has 0 saturated carbocycles. The van der Waals surface area contributed by atoms with Crippen LogP contribution >= 0.6 is 24.6 Å². The molecule has 0 atom stereocenters. The zero-order valence-corrected chi connectivity index (χ0v) is 7.40. The first-order valence-corrected chi connectivity index (χ1v) is 3.62. The average Bonchev–Trinajstić information content (AvgIpc) is 1.94. The number of halogens is 2. The molecule has 11 heavy (non-hydrogen) atoms. The van der Waals surface area contributed by atoms with Crippen LogP contribution in [0.4, 0.5) is 10.1 Å². The van der Waals surface area contributed by atoms with Crippen LogP contribution in [0.15, 0.2) is 12.3 Å². The fourth-order valence-corrected chi connectivity index (χ4v) is 1.06. The van der Waals surface area contributed by atoms with Crippen LogP contribution in [0.25, 0.3) is 0 Å². The van der Waals surface area contributed by atoms with E-state index in [4.69, 9.17) is 11.8 Å². The van der Waals surface area contributed by atoms with Crippen molar-refractivity contribution in [2.45, 2.75) is 6.92 Å². The van der Waals surface area contributed by atoms with Crippen molar-refractivity contribution < 1.29 is 4.39 Å². The third-order valence-electron chi connectivity index (χ3n) is 1.23. The summed E-state index contributed by atoms with van der Waals surface area (Å²) in [5.41, 5.74) is 1.09. The maximum Gasteiger partial charge on any atom is 0.143 e. The van der Waals surface area contributed by atoms with Crippen molar-refractivity contribution in [2.75, 3.05) is 3.82 Å². The molecule has 0 N–H and O–H groups in total. The van der Waals surface area contributed by atoms with Crippen molar-refractivity contribution in [1.29, 1.82) is 0 Å². The summed E-state index contributed by atoms with van der Waals surface area (Å²) in [5.74, 6) is -0.426. The van der Waals surface area contributed by atoms with Crippen molar-refractivity contribution in [3.05, 3.63) is 23.8 Å². The highest BCUT2D eigenvalue weighted by Crippen LogP contribution is 2.21. The van der Waals surface area contributed by atoms with E-state index in [0.29, 0.717) is 11.4 Å². The minimum Gasteiger partial charge on any atom is -0.256 e. The minimum atomic E-state index is -0.426. The monoisotopic (exact) mass is 192 g/mol. The molecule has 1 aromatic heterocycles. The van der Waals surface area contributed by atoms with E-state index in [1.807, 2.05) is 0 Å². The molecule has 0 spiro atoms. The van der Waals surface area contributed by atoms with E-state index in [9.17, 15) is 4.39 Å². The summed E-state index contributed by atoms with van der Waals surface area (Å²) in [5, 5.41) is 0. The molecule has 0 bridgehead atoms. The van der Waals surface area contributed by atoms with Crippen molar-refractivity contribution in [2.24, 2.45) is 0 Å². The van der Waals surface area contributed by atoms with Crippen LogP contribution < -0.4 is 3.82 Å². The molecule has 0 aliphatic heterocycles. The molecular weight excluding hydrogens is 187 g/mol. The van der Waals surface area contributed by atoms with E-state index in [2.05, 4.69) is 17.8 Å². The van der Waals surface area contributed by atoms with Crippen LogP contribution in [0.1, 0.15) is 5.69 Å². The van der Waals surface area contributed by atoms with Crippen LogP contribution in [0.2, 0.25) is 0 Å². The van der Waals surface area contributed by atoms with Crippen LogP contribution in [-0.4, -0.2) is 4.98 Å². The Morgan fingerprint density at radius 2 is 2.36 bits per heavy atom. The van der Waals surface area contributed by atoms with E-state index >= 15 is 0 Å². The summed E-state index contributed by atoms with van der Waals surface area (Å²) in [6.45, 7) is 1.72. The van der Waals surface area contributed by atoms with Gasteiger partial charge < -0.3 is 0 Å². The predicted octanol–water partition coefficient (Wildman–Crippen LogP) is 2.33. The second-order valence-corrected chi connectivity index (χ2v) is 2.99. The summed E-state index contributed by atoms with van der Waals surface area (Å²) < 4.78 is 13.5. The Labute approximate surface area is 74.6 Å². The first kappa shape index (κ1) is 8.62. The van der Waals surface area contributed by atoms with Crippen LogP contribution in [0, 0.1) is 12.7 Å². The van der Waals surface area contributed by atoms with Crippen molar-refractivity contribution in [1.82, 2.24) is 4.98 Å². The van der Waals surface area contributed by atoms with Gasteiger partial charge in [0.15, 0.2) is 0 Å². The topological polar surface area (TPSA) is 16.1 Å². The number of anilines is 1. The van der Waals surface area contributed by atoms with Gasteiger partial charge in [0.25, 0.3) is 0 Å². The lowest BCUT2D eigenvalue weighted by molar-refractivity contribution is 0.621. The van der Waals surface area contributed by atoms with Crippen LogP contribution in [0.3, 0.4) is 0 Å². The zero-order chi connectivity index (χ0) is 8.43. The van der Waals surface area contributed by atoms with Gasteiger partial charge in [0, 0.05) is 17.8 Å². The largest absolute Gasteiger partial charge is 0.256 e. The Morgan fingerprint density at radius 3 is 2.82 bits per heavy atom. The lowest BCUT2D eigenvalue weighted by Crippen LogP contribution is -1.98. The van der Waals surface area contributed by atoms with E-state index in [1.165, 1.54) is 6.07 Å². The molecule has 2 nitrogen and oxygen atoms in total. The van der Waals surface area contributed by atoms with Gasteiger partial charge in [-0.05, 0) is 19.7 Å². The first-order valence-electron chi connectivity index (χ1n) is 2.88. The molecule has 0 amide bonds. The second kappa shape index (κ2) is 3.28. The van der Waals surface area contributed by atoms with Gasteiger partial charge in [-0.25, -0.2) is 8.21 Å². The number of hydrogen-bond donors (Lipinski definition) is 1. The van der Waals surface area contributed by atoms with Gasteiger partial charge in [-0.3, -0.25) is 4.98 Å². The van der Waals surface area contributed by atoms with Gasteiger partial charge in [0.05, 0.1) is 17.6 Å². The van der Waals surface area contributed by atoms with Crippen LogP contribution in [-0.2, 0) is 0 Å². The minimum absolute atomic E-state index is 0.426. The number of thiol groups is 1. The molecule has 1 aromatic rings. The van der Waals surface area contributed by atoms with Gasteiger partial charge >= 0.3 is 0 Å². The van der Waals surface area contributed by atoms with Crippen molar-refractivity contribution >= 4 is 30.3 Å². The number of nitrogens with zero attached hydrogens (tertiary/aromatic N) is 2. The highest BCUT2D eigenvalue weighted by molar-refractivity contribution is 7.83. The smallest absolute Gasteiger partial charge is 0.143 e. The third-order valence-corrected chi connectivity index (χ3v) is 1.62. The standard InChI is InChI=1S/C6H6ClFN2S/c1-4-6(10(7)11)2-5(8)3-9-4/h2-3,11H,1H3. The number of hydrogen-bond acceptors (Lipinski definition) is 3. The lowest BCUT2D eigenvalue weighted by atomic mass is 10.3. The number of pyridine rings is 1. The highest BCUT2D eigenvalue weighted by Gasteiger charge is 2.04.